The van der Waals surface area contributed by atoms with Crippen LogP contribution in [0.5, 0.6) is 0 Å². The third-order valence-corrected chi connectivity index (χ3v) is 9.00. The summed E-state index contributed by atoms with van der Waals surface area (Å²) in [5.74, 6) is -0.842. The van der Waals surface area contributed by atoms with Crippen molar-refractivity contribution in [2.24, 2.45) is 0 Å². The predicted octanol–water partition coefficient (Wildman–Crippen LogP) is 2.63. The normalized spacial score (nSPS) is 24.0. The van der Waals surface area contributed by atoms with Crippen LogP contribution < -0.4 is 5.32 Å². The van der Waals surface area contributed by atoms with Gasteiger partial charge in [0.25, 0.3) is 11.8 Å². The molecule has 43 heavy (non-hydrogen) atoms. The fourth-order valence-electron chi connectivity index (χ4n) is 6.81. The maximum atomic E-state index is 13.1. The summed E-state index contributed by atoms with van der Waals surface area (Å²) in [6.07, 6.45) is 3.24. The molecular formula is C33H33N5O5. The molecule has 3 fully saturated rings. The van der Waals surface area contributed by atoms with Gasteiger partial charge in [0.05, 0.1) is 24.4 Å². The first-order chi connectivity index (χ1) is 20.9. The van der Waals surface area contributed by atoms with Crippen LogP contribution in [0.25, 0.3) is 11.3 Å². The quantitative estimate of drug-likeness (QED) is 0.463. The number of nitrogens with one attached hydrogen (secondary N) is 1. The summed E-state index contributed by atoms with van der Waals surface area (Å²) >= 11 is 0. The van der Waals surface area contributed by atoms with E-state index in [9.17, 15) is 19.2 Å². The van der Waals surface area contributed by atoms with Crippen molar-refractivity contribution in [2.45, 2.75) is 44.0 Å². The highest BCUT2D eigenvalue weighted by molar-refractivity contribution is 6.05. The Morgan fingerprint density at radius 3 is 2.72 bits per heavy atom. The van der Waals surface area contributed by atoms with Gasteiger partial charge in [0, 0.05) is 62.0 Å². The van der Waals surface area contributed by atoms with Gasteiger partial charge in [0.2, 0.25) is 11.8 Å². The summed E-state index contributed by atoms with van der Waals surface area (Å²) in [4.78, 5) is 60.6. The van der Waals surface area contributed by atoms with Crippen molar-refractivity contribution < 1.29 is 23.9 Å². The molecule has 3 aromatic rings. The zero-order valence-corrected chi connectivity index (χ0v) is 23.8. The molecule has 7 rings (SSSR count). The highest BCUT2D eigenvalue weighted by Crippen LogP contribution is 2.33. The van der Waals surface area contributed by atoms with Gasteiger partial charge in [-0.05, 0) is 60.4 Å². The molecular weight excluding hydrogens is 546 g/mol. The molecule has 0 saturated carbocycles. The topological polar surface area (TPSA) is 112 Å². The molecule has 1 aromatic heterocycles. The van der Waals surface area contributed by atoms with E-state index in [0.717, 1.165) is 48.4 Å². The number of amides is 4. The Morgan fingerprint density at radius 2 is 1.88 bits per heavy atom. The average Bonchev–Trinajstić information content (AvgIpc) is 3.56. The zero-order chi connectivity index (χ0) is 29.6. The van der Waals surface area contributed by atoms with Gasteiger partial charge in [-0.25, -0.2) is 0 Å². The maximum absolute atomic E-state index is 13.1. The number of benzene rings is 2. The van der Waals surface area contributed by atoms with E-state index in [1.807, 2.05) is 59.6 Å². The van der Waals surface area contributed by atoms with Crippen molar-refractivity contribution in [2.75, 3.05) is 32.8 Å². The van der Waals surface area contributed by atoms with E-state index in [1.165, 1.54) is 0 Å². The number of likely N-dealkylation sites (tertiary alicyclic amines) is 1. The molecule has 4 amide bonds. The summed E-state index contributed by atoms with van der Waals surface area (Å²) in [5.41, 5.74) is 4.62. The number of hydrogen-bond donors (Lipinski definition) is 1. The fourth-order valence-corrected chi connectivity index (χ4v) is 6.81. The SMILES string of the molecule is O=C1CCC(N2Cc3cc(-c4cc(CN5CCC6(C5)CN(C(=O)c5ccccc5)CCO6)ccn4)ccc3C2=O)C(=O)N1. The third-order valence-electron chi connectivity index (χ3n) is 9.00. The van der Waals surface area contributed by atoms with Crippen molar-refractivity contribution in [1.29, 1.82) is 0 Å². The Labute approximate surface area is 249 Å². The van der Waals surface area contributed by atoms with Crippen molar-refractivity contribution in [3.05, 3.63) is 89.1 Å². The van der Waals surface area contributed by atoms with Gasteiger partial charge >= 0.3 is 0 Å². The highest BCUT2D eigenvalue weighted by atomic mass is 16.5. The third kappa shape index (κ3) is 5.32. The Balaban J connectivity index is 1.02. The lowest BCUT2D eigenvalue weighted by atomic mass is 10.00. The molecule has 4 aliphatic rings. The van der Waals surface area contributed by atoms with Gasteiger partial charge in [-0.15, -0.1) is 0 Å². The first kappa shape index (κ1) is 27.4. The molecule has 10 nitrogen and oxygen atoms in total. The molecule has 4 aliphatic heterocycles. The molecule has 2 aromatic carbocycles. The summed E-state index contributed by atoms with van der Waals surface area (Å²) in [7, 11) is 0. The van der Waals surface area contributed by atoms with Crippen molar-refractivity contribution in [3.8, 4) is 11.3 Å². The van der Waals surface area contributed by atoms with Crippen LogP contribution in [-0.4, -0.2) is 87.7 Å². The first-order valence-corrected chi connectivity index (χ1v) is 14.8. The molecule has 2 unspecified atom stereocenters. The van der Waals surface area contributed by atoms with E-state index in [0.29, 0.717) is 43.8 Å². The van der Waals surface area contributed by atoms with Gasteiger partial charge in [-0.3, -0.25) is 34.4 Å². The molecule has 0 bridgehead atoms. The summed E-state index contributed by atoms with van der Waals surface area (Å²) in [6.45, 7) is 4.41. The number of ether oxygens (including phenoxy) is 1. The highest BCUT2D eigenvalue weighted by Gasteiger charge is 2.44. The fraction of sp³-hybridized carbons (Fsp3) is 0.364. The van der Waals surface area contributed by atoms with Crippen LogP contribution >= 0.6 is 0 Å². The summed E-state index contributed by atoms with van der Waals surface area (Å²) < 4.78 is 6.30. The smallest absolute Gasteiger partial charge is 0.255 e. The van der Waals surface area contributed by atoms with E-state index in [4.69, 9.17) is 4.74 Å². The van der Waals surface area contributed by atoms with Crippen molar-refractivity contribution in [3.63, 3.8) is 0 Å². The number of fused-ring (bicyclic) bond motifs is 1. The molecule has 0 radical (unpaired) electrons. The number of carbonyl (C=O) groups excluding carboxylic acids is 4. The number of aromatic nitrogens is 1. The molecule has 2 atom stereocenters. The Bertz CT molecular complexity index is 1610. The first-order valence-electron chi connectivity index (χ1n) is 14.8. The number of carbonyl (C=O) groups is 4. The van der Waals surface area contributed by atoms with Crippen LogP contribution in [0.2, 0.25) is 0 Å². The van der Waals surface area contributed by atoms with Crippen LogP contribution in [0, 0.1) is 0 Å². The lowest BCUT2D eigenvalue weighted by Gasteiger charge is -2.40. The number of morpholine rings is 1. The van der Waals surface area contributed by atoms with E-state index in [2.05, 4.69) is 21.3 Å². The number of piperidine rings is 1. The molecule has 1 N–H and O–H groups in total. The van der Waals surface area contributed by atoms with Crippen LogP contribution in [0.4, 0.5) is 0 Å². The van der Waals surface area contributed by atoms with Gasteiger partial charge in [-0.1, -0.05) is 24.3 Å². The Morgan fingerprint density at radius 1 is 1.02 bits per heavy atom. The molecule has 10 heteroatoms. The second-order valence-corrected chi connectivity index (χ2v) is 11.9. The zero-order valence-electron chi connectivity index (χ0n) is 23.8. The van der Waals surface area contributed by atoms with E-state index in [-0.39, 0.29) is 29.7 Å². The minimum atomic E-state index is -0.636. The van der Waals surface area contributed by atoms with Crippen LogP contribution in [0.3, 0.4) is 0 Å². The number of rotatable bonds is 5. The second kappa shape index (κ2) is 11.0. The van der Waals surface area contributed by atoms with Crippen LogP contribution in [0.1, 0.15) is 51.1 Å². The van der Waals surface area contributed by atoms with Crippen molar-refractivity contribution >= 4 is 23.6 Å². The monoisotopic (exact) mass is 579 g/mol. The van der Waals surface area contributed by atoms with Gasteiger partial charge in [-0.2, -0.15) is 0 Å². The summed E-state index contributed by atoms with van der Waals surface area (Å²) in [6, 6.07) is 18.6. The average molecular weight is 580 g/mol. The second-order valence-electron chi connectivity index (χ2n) is 11.9. The molecule has 5 heterocycles. The van der Waals surface area contributed by atoms with Crippen molar-refractivity contribution in [1.82, 2.24) is 25.0 Å². The minimum Gasteiger partial charge on any atom is -0.370 e. The van der Waals surface area contributed by atoms with E-state index < -0.39 is 11.9 Å². The van der Waals surface area contributed by atoms with Gasteiger partial charge in [0.1, 0.15) is 6.04 Å². The molecule has 3 saturated heterocycles. The Kier molecular flexibility index (Phi) is 7.03. The maximum Gasteiger partial charge on any atom is 0.255 e. The Hall–Kier alpha value is -4.41. The van der Waals surface area contributed by atoms with Gasteiger partial charge in [0.15, 0.2) is 0 Å². The largest absolute Gasteiger partial charge is 0.370 e. The van der Waals surface area contributed by atoms with E-state index >= 15 is 0 Å². The molecule has 1 spiro atoms. The van der Waals surface area contributed by atoms with Crippen LogP contribution in [0.15, 0.2) is 66.9 Å². The van der Waals surface area contributed by atoms with Crippen LogP contribution in [-0.2, 0) is 27.4 Å². The lowest BCUT2D eigenvalue weighted by molar-refractivity contribution is -0.136. The molecule has 220 valence electrons. The van der Waals surface area contributed by atoms with Gasteiger partial charge < -0.3 is 14.5 Å². The lowest BCUT2D eigenvalue weighted by Crippen LogP contribution is -2.54. The standard InChI is InChI=1S/C33H33N5O5/c39-29-9-8-28(30(40)35-29)38-19-25-17-24(6-7-26(25)32(38)42)27-16-22(10-12-34-27)18-36-13-11-33(20-36)21-37(14-15-43-33)31(41)23-4-2-1-3-5-23/h1-7,10,12,16-17,28H,8-9,11,13-15,18-21H2,(H,35,39,40). The molecule has 0 aliphatic carbocycles. The minimum absolute atomic E-state index is 0.0526. The number of hydrogen-bond acceptors (Lipinski definition) is 7. The summed E-state index contributed by atoms with van der Waals surface area (Å²) in [5, 5.41) is 2.35. The van der Waals surface area contributed by atoms with E-state index in [1.54, 1.807) is 11.0 Å². The number of nitrogens with zero attached hydrogens (tertiary/aromatic N) is 4. The number of imide groups is 1. The predicted molar refractivity (Wildman–Crippen MR) is 157 cm³/mol. The number of pyridine rings is 1.